The van der Waals surface area contributed by atoms with Gasteiger partial charge in [-0.05, 0) is 13.1 Å². The Morgan fingerprint density at radius 1 is 1.38 bits per heavy atom. The van der Waals surface area contributed by atoms with Gasteiger partial charge in [0, 0.05) is 19.2 Å². The summed E-state index contributed by atoms with van der Waals surface area (Å²) in [6.07, 6.45) is 0. The minimum Gasteiger partial charge on any atom is -0.369 e. The first-order valence-corrected chi connectivity index (χ1v) is 4.15. The van der Waals surface area contributed by atoms with Crippen molar-refractivity contribution in [3.63, 3.8) is 0 Å². The maximum atomic E-state index is 13.1. The van der Waals surface area contributed by atoms with E-state index in [4.69, 9.17) is 4.74 Å². The van der Waals surface area contributed by atoms with Crippen molar-refractivity contribution in [2.45, 2.75) is 6.54 Å². The van der Waals surface area contributed by atoms with Gasteiger partial charge in [-0.25, -0.2) is 4.39 Å². The standard InChI is InChI=1S/C10H14FNO/c1-12(8-13-2)7-9-5-3-4-6-10(9)11/h3-6H,7-8H2,1-2H3. The van der Waals surface area contributed by atoms with E-state index >= 15 is 0 Å². The quantitative estimate of drug-likeness (QED) is 0.661. The molecule has 13 heavy (non-hydrogen) atoms. The highest BCUT2D eigenvalue weighted by molar-refractivity contribution is 5.16. The zero-order valence-corrected chi connectivity index (χ0v) is 7.96. The Hall–Kier alpha value is -0.930. The molecule has 0 aliphatic rings. The van der Waals surface area contributed by atoms with Crippen molar-refractivity contribution in [2.75, 3.05) is 20.9 Å². The molecule has 0 fully saturated rings. The number of hydrogen-bond donors (Lipinski definition) is 0. The molecule has 0 N–H and O–H groups in total. The fraction of sp³-hybridized carbons (Fsp3) is 0.400. The van der Waals surface area contributed by atoms with E-state index in [1.54, 1.807) is 19.2 Å². The van der Waals surface area contributed by atoms with Gasteiger partial charge in [0.2, 0.25) is 0 Å². The van der Waals surface area contributed by atoms with Crippen molar-refractivity contribution < 1.29 is 9.13 Å². The lowest BCUT2D eigenvalue weighted by Crippen LogP contribution is -2.20. The molecule has 0 atom stereocenters. The first-order valence-electron chi connectivity index (χ1n) is 4.15. The van der Waals surface area contributed by atoms with Crippen LogP contribution in [0.15, 0.2) is 24.3 Å². The minimum atomic E-state index is -0.162. The summed E-state index contributed by atoms with van der Waals surface area (Å²) in [7, 11) is 3.51. The molecule has 1 rings (SSSR count). The van der Waals surface area contributed by atoms with Crippen molar-refractivity contribution in [1.29, 1.82) is 0 Å². The average Bonchev–Trinajstić information content (AvgIpc) is 2.09. The fourth-order valence-corrected chi connectivity index (χ4v) is 1.18. The van der Waals surface area contributed by atoms with E-state index < -0.39 is 0 Å². The highest BCUT2D eigenvalue weighted by atomic mass is 19.1. The van der Waals surface area contributed by atoms with Gasteiger partial charge in [-0.2, -0.15) is 0 Å². The van der Waals surface area contributed by atoms with Crippen LogP contribution in [0.2, 0.25) is 0 Å². The van der Waals surface area contributed by atoms with E-state index in [1.807, 2.05) is 18.0 Å². The van der Waals surface area contributed by atoms with Gasteiger partial charge in [0.1, 0.15) is 5.82 Å². The molecule has 0 unspecified atom stereocenters. The number of halogens is 1. The monoisotopic (exact) mass is 183 g/mol. The zero-order chi connectivity index (χ0) is 9.68. The highest BCUT2D eigenvalue weighted by Gasteiger charge is 2.03. The van der Waals surface area contributed by atoms with Crippen LogP contribution in [0, 0.1) is 5.82 Å². The first-order chi connectivity index (χ1) is 6.24. The van der Waals surface area contributed by atoms with Crippen LogP contribution in [0.25, 0.3) is 0 Å². The average molecular weight is 183 g/mol. The van der Waals surface area contributed by atoms with Gasteiger partial charge >= 0.3 is 0 Å². The summed E-state index contributed by atoms with van der Waals surface area (Å²) in [5, 5.41) is 0. The lowest BCUT2D eigenvalue weighted by atomic mass is 10.2. The van der Waals surface area contributed by atoms with E-state index in [2.05, 4.69) is 0 Å². The second-order valence-electron chi connectivity index (χ2n) is 3.02. The summed E-state index contributed by atoms with van der Waals surface area (Å²) in [4.78, 5) is 1.90. The van der Waals surface area contributed by atoms with Gasteiger partial charge in [0.25, 0.3) is 0 Å². The molecule has 0 bridgehead atoms. The molecule has 0 heterocycles. The highest BCUT2D eigenvalue weighted by Crippen LogP contribution is 2.08. The van der Waals surface area contributed by atoms with E-state index in [1.165, 1.54) is 6.07 Å². The molecule has 72 valence electrons. The van der Waals surface area contributed by atoms with Crippen molar-refractivity contribution in [3.8, 4) is 0 Å². The molecular weight excluding hydrogens is 169 g/mol. The topological polar surface area (TPSA) is 12.5 Å². The van der Waals surface area contributed by atoms with Crippen molar-refractivity contribution in [2.24, 2.45) is 0 Å². The summed E-state index contributed by atoms with van der Waals surface area (Å²) in [6, 6.07) is 6.77. The van der Waals surface area contributed by atoms with Crippen LogP contribution in [0.1, 0.15) is 5.56 Å². The second kappa shape index (κ2) is 4.94. The molecule has 0 aliphatic carbocycles. The lowest BCUT2D eigenvalue weighted by Gasteiger charge is -2.15. The number of benzene rings is 1. The zero-order valence-electron chi connectivity index (χ0n) is 7.96. The molecular formula is C10H14FNO. The summed E-state index contributed by atoms with van der Waals surface area (Å²) in [6.45, 7) is 1.08. The predicted octanol–water partition coefficient (Wildman–Crippen LogP) is 1.86. The molecule has 1 aromatic carbocycles. The molecule has 0 aliphatic heterocycles. The van der Waals surface area contributed by atoms with Gasteiger partial charge in [-0.15, -0.1) is 0 Å². The largest absolute Gasteiger partial charge is 0.369 e. The third-order valence-electron chi connectivity index (χ3n) is 1.75. The van der Waals surface area contributed by atoms with Gasteiger partial charge in [-0.1, -0.05) is 18.2 Å². The summed E-state index contributed by atoms with van der Waals surface area (Å²) >= 11 is 0. The number of hydrogen-bond acceptors (Lipinski definition) is 2. The fourth-order valence-electron chi connectivity index (χ4n) is 1.18. The molecule has 0 radical (unpaired) electrons. The molecule has 0 saturated heterocycles. The lowest BCUT2D eigenvalue weighted by molar-refractivity contribution is 0.0765. The molecule has 3 heteroatoms. The van der Waals surface area contributed by atoms with Crippen molar-refractivity contribution >= 4 is 0 Å². The maximum absolute atomic E-state index is 13.1. The summed E-state index contributed by atoms with van der Waals surface area (Å²) in [5.41, 5.74) is 0.696. The van der Waals surface area contributed by atoms with Gasteiger partial charge < -0.3 is 4.74 Å². The van der Waals surface area contributed by atoms with E-state index in [0.29, 0.717) is 18.8 Å². The Balaban J connectivity index is 2.58. The summed E-state index contributed by atoms with van der Waals surface area (Å²) < 4.78 is 18.0. The molecule has 0 aromatic heterocycles. The Morgan fingerprint density at radius 3 is 2.69 bits per heavy atom. The van der Waals surface area contributed by atoms with Crippen LogP contribution in [0.5, 0.6) is 0 Å². The Bertz CT molecular complexity index is 265. The second-order valence-corrected chi connectivity index (χ2v) is 3.02. The number of nitrogens with zero attached hydrogens (tertiary/aromatic N) is 1. The summed E-state index contributed by atoms with van der Waals surface area (Å²) in [5.74, 6) is -0.162. The predicted molar refractivity (Wildman–Crippen MR) is 49.7 cm³/mol. The molecule has 1 aromatic rings. The van der Waals surface area contributed by atoms with Crippen LogP contribution < -0.4 is 0 Å². The number of methoxy groups -OCH3 is 1. The Labute approximate surface area is 77.9 Å². The normalized spacial score (nSPS) is 10.8. The van der Waals surface area contributed by atoms with E-state index in [-0.39, 0.29) is 5.82 Å². The van der Waals surface area contributed by atoms with Crippen molar-refractivity contribution in [1.82, 2.24) is 4.90 Å². The molecule has 0 saturated carbocycles. The number of rotatable bonds is 4. The van der Waals surface area contributed by atoms with Gasteiger partial charge in [-0.3, -0.25) is 4.90 Å². The Morgan fingerprint density at radius 2 is 2.08 bits per heavy atom. The van der Waals surface area contributed by atoms with Gasteiger partial charge in [0.05, 0.1) is 6.73 Å². The van der Waals surface area contributed by atoms with Crippen molar-refractivity contribution in [3.05, 3.63) is 35.6 Å². The van der Waals surface area contributed by atoms with Crippen LogP contribution in [0.4, 0.5) is 4.39 Å². The first kappa shape index (κ1) is 10.2. The SMILES string of the molecule is COCN(C)Cc1ccccc1F. The third kappa shape index (κ3) is 3.13. The molecule has 2 nitrogen and oxygen atoms in total. The van der Waals surface area contributed by atoms with Crippen LogP contribution in [0.3, 0.4) is 0 Å². The van der Waals surface area contributed by atoms with E-state index in [9.17, 15) is 4.39 Å². The maximum Gasteiger partial charge on any atom is 0.127 e. The third-order valence-corrected chi connectivity index (χ3v) is 1.75. The van der Waals surface area contributed by atoms with Crippen LogP contribution in [-0.4, -0.2) is 25.8 Å². The molecule has 0 spiro atoms. The smallest absolute Gasteiger partial charge is 0.127 e. The Kier molecular flexibility index (Phi) is 3.86. The van der Waals surface area contributed by atoms with Crippen LogP contribution >= 0.6 is 0 Å². The van der Waals surface area contributed by atoms with Gasteiger partial charge in [0.15, 0.2) is 0 Å². The number of ether oxygens (including phenoxy) is 1. The molecule has 0 amide bonds. The minimum absolute atomic E-state index is 0.162. The van der Waals surface area contributed by atoms with E-state index in [0.717, 1.165) is 0 Å². The van der Waals surface area contributed by atoms with Crippen LogP contribution in [-0.2, 0) is 11.3 Å².